The third-order valence-electron chi connectivity index (χ3n) is 4.48. The summed E-state index contributed by atoms with van der Waals surface area (Å²) < 4.78 is 11.4. The first-order valence-electron chi connectivity index (χ1n) is 8.27. The number of hydrogen-bond acceptors (Lipinski definition) is 6. The number of anilines is 1. The summed E-state index contributed by atoms with van der Waals surface area (Å²) in [5, 5.41) is 2.54. The van der Waals surface area contributed by atoms with Crippen LogP contribution in [0.4, 0.5) is 10.5 Å². The molecular formula is C18H18N4O4. The lowest BCUT2D eigenvalue weighted by atomic mass is 9.87. The van der Waals surface area contributed by atoms with Gasteiger partial charge in [-0.2, -0.15) is 0 Å². The van der Waals surface area contributed by atoms with Gasteiger partial charge in [0.1, 0.15) is 17.5 Å². The third kappa shape index (κ3) is 2.63. The highest BCUT2D eigenvalue weighted by molar-refractivity contribution is 6.21. The Balaban J connectivity index is 1.54. The fraction of sp³-hybridized carbons (Fsp3) is 0.333. The zero-order valence-electron chi connectivity index (χ0n) is 14.6. The number of hydrogen-bond donors (Lipinski definition) is 1. The van der Waals surface area contributed by atoms with Gasteiger partial charge in [-0.1, -0.05) is 13.8 Å². The number of rotatable bonds is 3. The first-order valence-corrected chi connectivity index (χ1v) is 8.27. The van der Waals surface area contributed by atoms with Gasteiger partial charge in [0, 0.05) is 11.0 Å². The quantitative estimate of drug-likeness (QED) is 0.851. The standard InChI is InChI=1S/C18H18N4O4/c1-10-15(23)22(17(24)21-10)11-7-19-16(20-8-11)26-12-4-5-14-13(6-12)18(2,3)9-25-14/h4-8,10H,9H2,1-3H3,(H,21,24)/t10-/m0/s1. The molecule has 0 spiro atoms. The van der Waals surface area contributed by atoms with Crippen molar-refractivity contribution in [3.8, 4) is 17.5 Å². The van der Waals surface area contributed by atoms with Crippen LogP contribution in [0.5, 0.6) is 17.5 Å². The van der Waals surface area contributed by atoms with Crippen LogP contribution in [0, 0.1) is 0 Å². The Morgan fingerprint density at radius 2 is 2.00 bits per heavy atom. The summed E-state index contributed by atoms with van der Waals surface area (Å²) in [6, 6.07) is 4.65. The molecule has 2 aromatic rings. The van der Waals surface area contributed by atoms with Gasteiger partial charge >= 0.3 is 12.0 Å². The molecule has 1 fully saturated rings. The molecule has 3 amide bonds. The predicted molar refractivity (Wildman–Crippen MR) is 92.5 cm³/mol. The number of fused-ring (bicyclic) bond motifs is 1. The van der Waals surface area contributed by atoms with E-state index in [2.05, 4.69) is 29.1 Å². The molecule has 8 heteroatoms. The van der Waals surface area contributed by atoms with Gasteiger partial charge in [-0.3, -0.25) is 4.79 Å². The van der Waals surface area contributed by atoms with Crippen LogP contribution < -0.4 is 19.7 Å². The second-order valence-electron chi connectivity index (χ2n) is 7.00. The van der Waals surface area contributed by atoms with Crippen molar-refractivity contribution in [2.24, 2.45) is 0 Å². The smallest absolute Gasteiger partial charge is 0.329 e. The van der Waals surface area contributed by atoms with Crippen LogP contribution in [0.25, 0.3) is 0 Å². The summed E-state index contributed by atoms with van der Waals surface area (Å²) in [4.78, 5) is 33.1. The van der Waals surface area contributed by atoms with Crippen molar-refractivity contribution in [1.29, 1.82) is 0 Å². The predicted octanol–water partition coefficient (Wildman–Crippen LogP) is 2.38. The Bertz CT molecular complexity index is 895. The van der Waals surface area contributed by atoms with Gasteiger partial charge in [-0.25, -0.2) is 19.7 Å². The van der Waals surface area contributed by atoms with Crippen molar-refractivity contribution in [2.75, 3.05) is 11.5 Å². The molecule has 26 heavy (non-hydrogen) atoms. The largest absolute Gasteiger partial charge is 0.492 e. The van der Waals surface area contributed by atoms with Crippen LogP contribution in [-0.4, -0.2) is 34.6 Å². The van der Waals surface area contributed by atoms with E-state index in [1.54, 1.807) is 13.0 Å². The van der Waals surface area contributed by atoms with Gasteiger partial charge in [0.15, 0.2) is 0 Å². The van der Waals surface area contributed by atoms with Crippen molar-refractivity contribution >= 4 is 17.6 Å². The van der Waals surface area contributed by atoms with E-state index in [0.717, 1.165) is 16.2 Å². The Labute approximate surface area is 150 Å². The highest BCUT2D eigenvalue weighted by Gasteiger charge is 2.36. The number of carbonyl (C=O) groups is 2. The summed E-state index contributed by atoms with van der Waals surface area (Å²) in [6.45, 7) is 6.46. The van der Waals surface area contributed by atoms with Crippen LogP contribution >= 0.6 is 0 Å². The maximum atomic E-state index is 12.0. The Morgan fingerprint density at radius 1 is 1.27 bits per heavy atom. The second-order valence-corrected chi connectivity index (χ2v) is 7.00. The summed E-state index contributed by atoms with van der Waals surface area (Å²) in [6.07, 6.45) is 2.77. The topological polar surface area (TPSA) is 93.7 Å². The average molecular weight is 354 g/mol. The SMILES string of the molecule is C[C@@H]1NC(=O)N(c2cnc(Oc3ccc4c(c3)C(C)(C)CO4)nc2)C1=O. The van der Waals surface area contributed by atoms with Crippen LogP contribution in [0.3, 0.4) is 0 Å². The first-order chi connectivity index (χ1) is 12.3. The molecule has 1 saturated heterocycles. The summed E-state index contributed by atoms with van der Waals surface area (Å²) in [5.74, 6) is 1.11. The van der Waals surface area contributed by atoms with Crippen LogP contribution in [0.1, 0.15) is 26.3 Å². The van der Waals surface area contributed by atoms with E-state index in [4.69, 9.17) is 9.47 Å². The molecule has 0 aliphatic carbocycles. The molecule has 0 radical (unpaired) electrons. The van der Waals surface area contributed by atoms with Crippen LogP contribution in [0.2, 0.25) is 0 Å². The Kier molecular flexibility index (Phi) is 3.57. The molecule has 2 aliphatic heterocycles. The van der Waals surface area contributed by atoms with E-state index < -0.39 is 12.1 Å². The molecule has 1 N–H and O–H groups in total. The molecule has 8 nitrogen and oxygen atoms in total. The van der Waals surface area contributed by atoms with E-state index in [-0.39, 0.29) is 17.3 Å². The van der Waals surface area contributed by atoms with Gasteiger partial charge in [-0.05, 0) is 25.1 Å². The number of nitrogens with zero attached hydrogens (tertiary/aromatic N) is 3. The number of carbonyl (C=O) groups excluding carboxylic acids is 2. The molecule has 1 atom stereocenters. The molecule has 1 aromatic carbocycles. The molecule has 1 aromatic heterocycles. The maximum Gasteiger partial charge on any atom is 0.329 e. The molecule has 0 saturated carbocycles. The van der Waals surface area contributed by atoms with Gasteiger partial charge in [0.2, 0.25) is 0 Å². The van der Waals surface area contributed by atoms with Gasteiger partial charge < -0.3 is 14.8 Å². The minimum atomic E-state index is -0.560. The van der Waals surface area contributed by atoms with Crippen molar-refractivity contribution in [3.63, 3.8) is 0 Å². The van der Waals surface area contributed by atoms with Crippen molar-refractivity contribution in [2.45, 2.75) is 32.2 Å². The van der Waals surface area contributed by atoms with E-state index >= 15 is 0 Å². The fourth-order valence-electron chi connectivity index (χ4n) is 3.00. The Morgan fingerprint density at radius 3 is 2.65 bits per heavy atom. The summed E-state index contributed by atoms with van der Waals surface area (Å²) >= 11 is 0. The molecule has 3 heterocycles. The van der Waals surface area contributed by atoms with E-state index in [0.29, 0.717) is 18.0 Å². The molecular weight excluding hydrogens is 336 g/mol. The highest BCUT2D eigenvalue weighted by Crippen LogP contribution is 2.40. The zero-order valence-corrected chi connectivity index (χ0v) is 14.6. The molecule has 134 valence electrons. The van der Waals surface area contributed by atoms with E-state index in [1.165, 1.54) is 12.4 Å². The zero-order chi connectivity index (χ0) is 18.5. The van der Waals surface area contributed by atoms with Crippen molar-refractivity contribution in [3.05, 3.63) is 36.2 Å². The fourth-order valence-corrected chi connectivity index (χ4v) is 3.00. The van der Waals surface area contributed by atoms with Crippen LogP contribution in [-0.2, 0) is 10.2 Å². The van der Waals surface area contributed by atoms with E-state index in [9.17, 15) is 9.59 Å². The van der Waals surface area contributed by atoms with Crippen LogP contribution in [0.15, 0.2) is 30.6 Å². The highest BCUT2D eigenvalue weighted by atomic mass is 16.5. The molecule has 4 rings (SSSR count). The molecule has 2 aliphatic rings. The third-order valence-corrected chi connectivity index (χ3v) is 4.48. The Hall–Kier alpha value is -3.16. The lowest BCUT2D eigenvalue weighted by Gasteiger charge is -2.16. The lowest BCUT2D eigenvalue weighted by Crippen LogP contribution is -2.31. The van der Waals surface area contributed by atoms with Gasteiger partial charge in [0.25, 0.3) is 5.91 Å². The number of imide groups is 1. The van der Waals surface area contributed by atoms with Gasteiger partial charge in [0.05, 0.1) is 24.7 Å². The van der Waals surface area contributed by atoms with Crippen molar-refractivity contribution in [1.82, 2.24) is 15.3 Å². The number of urea groups is 1. The first kappa shape index (κ1) is 16.3. The number of amides is 3. The molecule has 0 bridgehead atoms. The number of nitrogens with one attached hydrogen (secondary N) is 1. The van der Waals surface area contributed by atoms with Gasteiger partial charge in [-0.15, -0.1) is 0 Å². The van der Waals surface area contributed by atoms with E-state index in [1.807, 2.05) is 12.1 Å². The minimum Gasteiger partial charge on any atom is -0.492 e. The summed E-state index contributed by atoms with van der Waals surface area (Å²) in [7, 11) is 0. The normalized spacial score (nSPS) is 20.6. The average Bonchev–Trinajstić information content (AvgIpc) is 3.04. The number of benzene rings is 1. The maximum absolute atomic E-state index is 12.0. The summed E-state index contributed by atoms with van der Waals surface area (Å²) in [5.41, 5.74) is 1.28. The van der Waals surface area contributed by atoms with Crippen molar-refractivity contribution < 1.29 is 19.1 Å². The second kappa shape index (κ2) is 5.69. The number of aromatic nitrogens is 2. The lowest BCUT2D eigenvalue weighted by molar-refractivity contribution is -0.117. The number of ether oxygens (including phenoxy) is 2. The monoisotopic (exact) mass is 354 g/mol. The minimum absolute atomic E-state index is 0.0837. The molecule has 0 unspecified atom stereocenters.